The molecule has 1 heterocycles. The Kier molecular flexibility index (Phi) is 7.62. The number of hydrogen-bond acceptors (Lipinski definition) is 6. The number of Topliss-reactive ketones (excluding diaryl/α,β-unsaturated/α-hetero) is 1. The summed E-state index contributed by atoms with van der Waals surface area (Å²) in [4.78, 5) is 25.8. The highest BCUT2D eigenvalue weighted by Crippen LogP contribution is 2.28. The number of carbonyl (C=O) groups is 2. The molecule has 1 saturated heterocycles. The van der Waals surface area contributed by atoms with Crippen LogP contribution in [-0.4, -0.2) is 44.1 Å². The van der Waals surface area contributed by atoms with Crippen molar-refractivity contribution in [1.82, 2.24) is 4.31 Å². The van der Waals surface area contributed by atoms with Gasteiger partial charge in [0.25, 0.3) is 0 Å². The van der Waals surface area contributed by atoms with Crippen LogP contribution in [0.15, 0.2) is 59.5 Å². The van der Waals surface area contributed by atoms with E-state index in [1.54, 1.807) is 48.5 Å². The summed E-state index contributed by atoms with van der Waals surface area (Å²) in [6.45, 7) is 2.52. The number of piperidine rings is 1. The Bertz CT molecular complexity index is 1100. The van der Waals surface area contributed by atoms with Gasteiger partial charge in [0.15, 0.2) is 11.7 Å². The number of nitrogens with one attached hydrogen (secondary N) is 1. The largest absolute Gasteiger partial charge is 0.492 e. The molecule has 168 valence electrons. The molecule has 0 aliphatic carbocycles. The molecule has 0 radical (unpaired) electrons. The highest BCUT2D eigenvalue weighted by Gasteiger charge is 2.37. The molecule has 0 spiro atoms. The minimum atomic E-state index is -3.64. The Morgan fingerprint density at radius 1 is 1.12 bits per heavy atom. The van der Waals surface area contributed by atoms with Gasteiger partial charge in [-0.3, -0.25) is 9.59 Å². The van der Waals surface area contributed by atoms with Crippen molar-refractivity contribution < 1.29 is 22.7 Å². The molecule has 32 heavy (non-hydrogen) atoms. The fraction of sp³-hybridized carbons (Fsp3) is 0.348. The second-order valence-electron chi connectivity index (χ2n) is 7.37. The number of carbonyl (C=O) groups excluding carboxylic acids is 2. The van der Waals surface area contributed by atoms with Crippen molar-refractivity contribution in [3.8, 4) is 11.8 Å². The van der Waals surface area contributed by atoms with Crippen LogP contribution in [0, 0.1) is 23.2 Å². The normalized spacial score (nSPS) is 16.0. The van der Waals surface area contributed by atoms with Crippen LogP contribution in [-0.2, 0) is 19.6 Å². The molecule has 0 saturated carbocycles. The summed E-state index contributed by atoms with van der Waals surface area (Å²) in [7, 11) is -3.64. The zero-order valence-corrected chi connectivity index (χ0v) is 18.5. The minimum absolute atomic E-state index is 0.153. The third-order valence-electron chi connectivity index (χ3n) is 5.36. The van der Waals surface area contributed by atoms with Gasteiger partial charge in [0.05, 0.1) is 23.3 Å². The van der Waals surface area contributed by atoms with Gasteiger partial charge < -0.3 is 10.1 Å². The first kappa shape index (κ1) is 23.4. The molecular formula is C23H25N3O5S. The van der Waals surface area contributed by atoms with Crippen LogP contribution in [0.5, 0.6) is 5.75 Å². The molecule has 3 rings (SSSR count). The van der Waals surface area contributed by atoms with Crippen molar-refractivity contribution in [3.63, 3.8) is 0 Å². The van der Waals surface area contributed by atoms with E-state index in [-0.39, 0.29) is 30.8 Å². The Morgan fingerprint density at radius 2 is 1.75 bits per heavy atom. The van der Waals surface area contributed by atoms with Gasteiger partial charge in [-0.05, 0) is 44.0 Å². The first-order chi connectivity index (χ1) is 15.4. The zero-order valence-electron chi connectivity index (χ0n) is 17.7. The van der Waals surface area contributed by atoms with E-state index in [2.05, 4.69) is 5.32 Å². The maximum absolute atomic E-state index is 12.9. The van der Waals surface area contributed by atoms with E-state index in [4.69, 9.17) is 4.74 Å². The number of nitriles is 1. The summed E-state index contributed by atoms with van der Waals surface area (Å²) in [5, 5.41) is 12.1. The second kappa shape index (κ2) is 10.4. The first-order valence-corrected chi connectivity index (χ1v) is 11.8. The van der Waals surface area contributed by atoms with Gasteiger partial charge in [-0.1, -0.05) is 30.3 Å². The summed E-state index contributed by atoms with van der Waals surface area (Å²) < 4.78 is 32.3. The number of rotatable bonds is 8. The number of benzene rings is 2. The van der Waals surface area contributed by atoms with E-state index < -0.39 is 33.5 Å². The minimum Gasteiger partial charge on any atom is -0.492 e. The van der Waals surface area contributed by atoms with Crippen molar-refractivity contribution in [2.75, 3.05) is 25.0 Å². The van der Waals surface area contributed by atoms with E-state index >= 15 is 0 Å². The van der Waals surface area contributed by atoms with Gasteiger partial charge in [-0.15, -0.1) is 0 Å². The molecule has 1 fully saturated rings. The SMILES string of the molecule is CCOc1ccccc1NC(=O)C(C#N)C(=O)C1CCN(S(=O)(=O)c2ccccc2)CC1. The molecule has 8 nitrogen and oxygen atoms in total. The molecule has 1 atom stereocenters. The lowest BCUT2D eigenvalue weighted by atomic mass is 9.86. The van der Waals surface area contributed by atoms with Gasteiger partial charge in [-0.2, -0.15) is 9.57 Å². The zero-order chi connectivity index (χ0) is 23.1. The Labute approximate surface area is 187 Å². The van der Waals surface area contributed by atoms with E-state index in [0.29, 0.717) is 18.0 Å². The topological polar surface area (TPSA) is 117 Å². The second-order valence-corrected chi connectivity index (χ2v) is 9.31. The van der Waals surface area contributed by atoms with Crippen molar-refractivity contribution in [2.45, 2.75) is 24.7 Å². The fourth-order valence-electron chi connectivity index (χ4n) is 3.67. The highest BCUT2D eigenvalue weighted by atomic mass is 32.2. The summed E-state index contributed by atoms with van der Waals surface area (Å²) in [5.74, 6) is -2.80. The summed E-state index contributed by atoms with van der Waals surface area (Å²) in [5.41, 5.74) is 0.385. The number of para-hydroxylation sites is 2. The lowest BCUT2D eigenvalue weighted by molar-refractivity contribution is -0.132. The molecule has 1 aliphatic rings. The monoisotopic (exact) mass is 455 g/mol. The van der Waals surface area contributed by atoms with Gasteiger partial charge in [-0.25, -0.2) is 8.42 Å². The third kappa shape index (κ3) is 5.15. The maximum Gasteiger partial charge on any atom is 0.249 e. The molecule has 9 heteroatoms. The molecule has 1 N–H and O–H groups in total. The summed E-state index contributed by atoms with van der Waals surface area (Å²) in [6, 6.07) is 16.7. The van der Waals surface area contributed by atoms with E-state index in [9.17, 15) is 23.3 Å². The van der Waals surface area contributed by atoms with Gasteiger partial charge >= 0.3 is 0 Å². The quantitative estimate of drug-likeness (QED) is 0.612. The molecule has 0 bridgehead atoms. The van der Waals surface area contributed by atoms with Crippen LogP contribution < -0.4 is 10.1 Å². The molecule has 1 unspecified atom stereocenters. The Hall–Kier alpha value is -3.22. The summed E-state index contributed by atoms with van der Waals surface area (Å²) in [6.07, 6.45) is 0.512. The van der Waals surface area contributed by atoms with Crippen LogP contribution in [0.3, 0.4) is 0 Å². The van der Waals surface area contributed by atoms with Gasteiger partial charge in [0.2, 0.25) is 15.9 Å². The molecule has 2 aromatic rings. The lowest BCUT2D eigenvalue weighted by Gasteiger charge is -2.31. The molecule has 2 aromatic carbocycles. The predicted molar refractivity (Wildman–Crippen MR) is 118 cm³/mol. The number of sulfonamides is 1. The van der Waals surface area contributed by atoms with Crippen LogP contribution in [0.1, 0.15) is 19.8 Å². The van der Waals surface area contributed by atoms with Crippen LogP contribution in [0.25, 0.3) is 0 Å². The highest BCUT2D eigenvalue weighted by molar-refractivity contribution is 7.89. The van der Waals surface area contributed by atoms with Crippen molar-refractivity contribution >= 4 is 27.4 Å². The van der Waals surface area contributed by atoms with E-state index in [1.165, 1.54) is 16.4 Å². The number of ketones is 1. The fourth-order valence-corrected chi connectivity index (χ4v) is 5.16. The average molecular weight is 456 g/mol. The van der Waals surface area contributed by atoms with Gasteiger partial charge in [0, 0.05) is 19.0 Å². The van der Waals surface area contributed by atoms with Crippen LogP contribution >= 0.6 is 0 Å². The Balaban J connectivity index is 1.65. The Morgan fingerprint density at radius 3 is 2.38 bits per heavy atom. The third-order valence-corrected chi connectivity index (χ3v) is 7.27. The number of amides is 1. The van der Waals surface area contributed by atoms with Gasteiger partial charge in [0.1, 0.15) is 5.75 Å². The standard InChI is InChI=1S/C23H25N3O5S/c1-2-31-21-11-7-6-10-20(21)25-23(28)19(16-24)22(27)17-12-14-26(15-13-17)32(29,30)18-8-4-3-5-9-18/h3-11,17,19H,2,12-15H2,1H3,(H,25,28). The molecule has 0 aromatic heterocycles. The molecule has 1 aliphatic heterocycles. The molecule has 1 amide bonds. The maximum atomic E-state index is 12.9. The number of anilines is 1. The average Bonchev–Trinajstić information content (AvgIpc) is 2.81. The van der Waals surface area contributed by atoms with Crippen molar-refractivity contribution in [1.29, 1.82) is 5.26 Å². The smallest absolute Gasteiger partial charge is 0.249 e. The lowest BCUT2D eigenvalue weighted by Crippen LogP contribution is -2.42. The molecular weight excluding hydrogens is 430 g/mol. The van der Waals surface area contributed by atoms with Crippen LogP contribution in [0.4, 0.5) is 5.69 Å². The van der Waals surface area contributed by atoms with Crippen LogP contribution in [0.2, 0.25) is 0 Å². The number of nitrogens with zero attached hydrogens (tertiary/aromatic N) is 2. The van der Waals surface area contributed by atoms with E-state index in [1.807, 2.05) is 6.92 Å². The number of hydrogen-bond donors (Lipinski definition) is 1. The predicted octanol–water partition coefficient (Wildman–Crippen LogP) is 2.83. The summed E-state index contributed by atoms with van der Waals surface area (Å²) >= 11 is 0. The number of ether oxygens (including phenoxy) is 1. The van der Waals surface area contributed by atoms with E-state index in [0.717, 1.165) is 0 Å². The first-order valence-electron chi connectivity index (χ1n) is 10.4. The van der Waals surface area contributed by atoms with Crippen molar-refractivity contribution in [2.24, 2.45) is 11.8 Å². The van der Waals surface area contributed by atoms with Crippen molar-refractivity contribution in [3.05, 3.63) is 54.6 Å².